The minimum absolute atomic E-state index is 0.0641. The number of nitriles is 1. The fourth-order valence-corrected chi connectivity index (χ4v) is 4.77. The van der Waals surface area contributed by atoms with Crippen molar-refractivity contribution in [2.45, 2.75) is 4.90 Å². The van der Waals surface area contributed by atoms with Crippen molar-refractivity contribution in [2.75, 3.05) is 32.6 Å². The van der Waals surface area contributed by atoms with Gasteiger partial charge in [-0.2, -0.15) is 5.26 Å². The number of rotatable bonds is 4. The molecule has 1 atom stereocenters. The van der Waals surface area contributed by atoms with Gasteiger partial charge < -0.3 is 9.64 Å². The van der Waals surface area contributed by atoms with Crippen LogP contribution in [0.4, 0.5) is 0 Å². The molecule has 1 fully saturated rings. The van der Waals surface area contributed by atoms with Crippen molar-refractivity contribution < 1.29 is 13.7 Å². The third kappa shape index (κ3) is 4.09. The van der Waals surface area contributed by atoms with E-state index in [1.54, 1.807) is 58.6 Å². The van der Waals surface area contributed by atoms with Gasteiger partial charge in [-0.25, -0.2) is 9.97 Å². The summed E-state index contributed by atoms with van der Waals surface area (Å²) in [6.45, 7) is 2.17. The molecule has 0 radical (unpaired) electrons. The summed E-state index contributed by atoms with van der Waals surface area (Å²) < 4.78 is 19.5. The van der Waals surface area contributed by atoms with Gasteiger partial charge >= 0.3 is 0 Å². The van der Waals surface area contributed by atoms with Crippen LogP contribution in [0.3, 0.4) is 0 Å². The normalized spacial score (nSPS) is 14.6. The molecule has 9 heteroatoms. The zero-order chi connectivity index (χ0) is 23.7. The molecule has 0 aliphatic carbocycles. The first kappa shape index (κ1) is 21.9. The van der Waals surface area contributed by atoms with Gasteiger partial charge in [0, 0.05) is 54.4 Å². The van der Waals surface area contributed by atoms with E-state index >= 15 is 0 Å². The SMILES string of the molecule is CS(=O)c1cn(-c2ncc(-c3cccc(C#N)c3)cn2)c2cc(C(=O)N3CCOCC3)ccc12. The second-order valence-electron chi connectivity index (χ2n) is 7.92. The fraction of sp³-hybridized carbons (Fsp3) is 0.200. The second kappa shape index (κ2) is 9.17. The Morgan fingerprint density at radius 2 is 1.85 bits per heavy atom. The van der Waals surface area contributed by atoms with Gasteiger partial charge in [0.25, 0.3) is 5.91 Å². The van der Waals surface area contributed by atoms with Crippen LogP contribution in [0.25, 0.3) is 28.0 Å². The maximum atomic E-state index is 13.0. The molecule has 170 valence electrons. The summed E-state index contributed by atoms with van der Waals surface area (Å²) >= 11 is 0. The summed E-state index contributed by atoms with van der Waals surface area (Å²) in [5, 5.41) is 9.94. The second-order valence-corrected chi connectivity index (χ2v) is 9.27. The molecule has 3 heterocycles. The Morgan fingerprint density at radius 3 is 2.56 bits per heavy atom. The summed E-state index contributed by atoms with van der Waals surface area (Å²) in [5.41, 5.74) is 3.44. The molecule has 34 heavy (non-hydrogen) atoms. The number of carbonyl (C=O) groups excluding carboxylic acids is 1. The molecule has 0 bridgehead atoms. The van der Waals surface area contributed by atoms with Gasteiger partial charge in [0.15, 0.2) is 0 Å². The van der Waals surface area contributed by atoms with Crippen LogP contribution in [0.2, 0.25) is 0 Å². The van der Waals surface area contributed by atoms with Crippen LogP contribution < -0.4 is 0 Å². The summed E-state index contributed by atoms with van der Waals surface area (Å²) in [7, 11) is -1.23. The molecule has 1 aliphatic heterocycles. The molecule has 1 saturated heterocycles. The lowest BCUT2D eigenvalue weighted by atomic mass is 10.1. The lowest BCUT2D eigenvalue weighted by molar-refractivity contribution is 0.0303. The van der Waals surface area contributed by atoms with Crippen LogP contribution in [0.5, 0.6) is 0 Å². The van der Waals surface area contributed by atoms with Crippen molar-refractivity contribution in [1.82, 2.24) is 19.4 Å². The van der Waals surface area contributed by atoms with Crippen LogP contribution >= 0.6 is 0 Å². The molecule has 0 N–H and O–H groups in total. The maximum Gasteiger partial charge on any atom is 0.254 e. The van der Waals surface area contributed by atoms with Gasteiger partial charge in [-0.1, -0.05) is 18.2 Å². The number of morpholine rings is 1. The van der Waals surface area contributed by atoms with Crippen LogP contribution in [0, 0.1) is 11.3 Å². The molecular formula is C25H21N5O3S. The third-order valence-electron chi connectivity index (χ3n) is 5.80. The first-order valence-electron chi connectivity index (χ1n) is 10.7. The molecule has 5 rings (SSSR count). The van der Waals surface area contributed by atoms with Gasteiger partial charge in [0.1, 0.15) is 0 Å². The van der Waals surface area contributed by atoms with Gasteiger partial charge in [0.2, 0.25) is 5.95 Å². The Morgan fingerprint density at radius 1 is 1.09 bits per heavy atom. The summed E-state index contributed by atoms with van der Waals surface area (Å²) in [4.78, 5) is 24.5. The highest BCUT2D eigenvalue weighted by atomic mass is 32.2. The van der Waals surface area contributed by atoms with Crippen LogP contribution in [0.1, 0.15) is 15.9 Å². The number of aromatic nitrogens is 3. The molecule has 0 saturated carbocycles. The minimum Gasteiger partial charge on any atom is -0.378 e. The number of benzene rings is 2. The van der Waals surface area contributed by atoms with Crippen LogP contribution in [-0.2, 0) is 15.5 Å². The Bertz CT molecular complexity index is 1450. The number of hydrogen-bond donors (Lipinski definition) is 0. The van der Waals surface area contributed by atoms with Gasteiger partial charge in [-0.05, 0) is 29.8 Å². The number of hydrogen-bond acceptors (Lipinski definition) is 6. The fourth-order valence-electron chi connectivity index (χ4n) is 4.04. The van der Waals surface area contributed by atoms with Crippen molar-refractivity contribution >= 4 is 27.6 Å². The highest BCUT2D eigenvalue weighted by Gasteiger charge is 2.21. The number of ether oxygens (including phenoxy) is 1. The van der Waals surface area contributed by atoms with Crippen LogP contribution in [-0.4, -0.2) is 62.1 Å². The molecule has 0 spiro atoms. The topological polar surface area (TPSA) is 101 Å². The molecule has 8 nitrogen and oxygen atoms in total. The highest BCUT2D eigenvalue weighted by Crippen LogP contribution is 2.28. The Kier molecular flexibility index (Phi) is 5.92. The van der Waals surface area contributed by atoms with E-state index < -0.39 is 10.8 Å². The van der Waals surface area contributed by atoms with Gasteiger partial charge in [-0.3, -0.25) is 13.6 Å². The first-order chi connectivity index (χ1) is 16.5. The third-order valence-corrected chi connectivity index (χ3v) is 6.75. The number of carbonyl (C=O) groups is 1. The molecular weight excluding hydrogens is 450 g/mol. The first-order valence-corrected chi connectivity index (χ1v) is 12.3. The quantitative estimate of drug-likeness (QED) is 0.453. The summed E-state index contributed by atoms with van der Waals surface area (Å²) in [6, 6.07) is 14.8. The molecule has 1 amide bonds. The van der Waals surface area contributed by atoms with E-state index in [1.807, 2.05) is 18.2 Å². The highest BCUT2D eigenvalue weighted by molar-refractivity contribution is 7.84. The van der Waals surface area contributed by atoms with E-state index in [-0.39, 0.29) is 5.91 Å². The lowest BCUT2D eigenvalue weighted by Gasteiger charge is -2.26. The molecule has 2 aromatic heterocycles. The van der Waals surface area contributed by atoms with E-state index in [4.69, 9.17) is 10.00 Å². The van der Waals surface area contributed by atoms with Crippen molar-refractivity contribution in [1.29, 1.82) is 5.26 Å². The average Bonchev–Trinajstić information content (AvgIpc) is 3.28. The molecule has 1 unspecified atom stereocenters. The van der Waals surface area contributed by atoms with E-state index in [1.165, 1.54) is 0 Å². The van der Waals surface area contributed by atoms with Crippen molar-refractivity contribution in [3.63, 3.8) is 0 Å². The Hall–Kier alpha value is -3.87. The predicted octanol–water partition coefficient (Wildman–Crippen LogP) is 3.17. The van der Waals surface area contributed by atoms with Crippen molar-refractivity contribution in [2.24, 2.45) is 0 Å². The smallest absolute Gasteiger partial charge is 0.254 e. The van der Waals surface area contributed by atoms with Gasteiger partial charge in [0.05, 0.1) is 46.1 Å². The predicted molar refractivity (Wildman–Crippen MR) is 128 cm³/mol. The van der Waals surface area contributed by atoms with Crippen molar-refractivity contribution in [3.8, 4) is 23.1 Å². The summed E-state index contributed by atoms with van der Waals surface area (Å²) in [5.74, 6) is 0.337. The lowest BCUT2D eigenvalue weighted by Crippen LogP contribution is -2.40. The summed E-state index contributed by atoms with van der Waals surface area (Å²) in [6.07, 6.45) is 6.76. The number of nitrogens with zero attached hydrogens (tertiary/aromatic N) is 5. The molecule has 2 aromatic carbocycles. The van der Waals surface area contributed by atoms with Crippen LogP contribution in [0.15, 0.2) is 66.0 Å². The molecule has 4 aromatic rings. The standard InChI is InChI=1S/C25H21N5O3S/c1-34(32)23-16-30(25-27-14-20(15-28-25)18-4-2-3-17(11-18)13-26)22-12-19(5-6-21(22)23)24(31)29-7-9-33-10-8-29/h2-6,11-12,14-16H,7-10H2,1H3. The minimum atomic E-state index is -1.23. The monoisotopic (exact) mass is 471 g/mol. The maximum absolute atomic E-state index is 13.0. The number of fused-ring (bicyclic) bond motifs is 1. The van der Waals surface area contributed by atoms with E-state index in [0.29, 0.717) is 53.8 Å². The average molecular weight is 472 g/mol. The van der Waals surface area contributed by atoms with E-state index in [2.05, 4.69) is 16.0 Å². The van der Waals surface area contributed by atoms with Gasteiger partial charge in [-0.15, -0.1) is 0 Å². The Balaban J connectivity index is 1.56. The number of amides is 1. The van der Waals surface area contributed by atoms with E-state index in [9.17, 15) is 9.00 Å². The molecule has 1 aliphatic rings. The largest absolute Gasteiger partial charge is 0.378 e. The zero-order valence-corrected chi connectivity index (χ0v) is 19.3. The van der Waals surface area contributed by atoms with E-state index in [0.717, 1.165) is 16.5 Å². The zero-order valence-electron chi connectivity index (χ0n) is 18.5. The van der Waals surface area contributed by atoms with Crippen molar-refractivity contribution in [3.05, 3.63) is 72.2 Å². The Labute approximate surface area is 198 Å².